The summed E-state index contributed by atoms with van der Waals surface area (Å²) in [7, 11) is 0. The maximum Gasteiger partial charge on any atom is 0.249 e. The van der Waals surface area contributed by atoms with Gasteiger partial charge < -0.3 is 10.3 Å². The first kappa shape index (κ1) is 18.9. The third-order valence-corrected chi connectivity index (χ3v) is 3.90. The molecule has 1 aromatic carbocycles. The van der Waals surface area contributed by atoms with Gasteiger partial charge in [0.2, 0.25) is 5.56 Å². The smallest absolute Gasteiger partial charge is 0.249 e. The Morgan fingerprint density at radius 3 is 2.52 bits per heavy atom. The molecular formula is C18H14ClF3N4O. The first-order valence-electron chi connectivity index (χ1n) is 7.95. The lowest BCUT2D eigenvalue weighted by atomic mass is 10.1. The van der Waals surface area contributed by atoms with Crippen molar-refractivity contribution in [2.75, 3.05) is 11.9 Å². The number of rotatable bonds is 5. The average Bonchev–Trinajstić information content (AvgIpc) is 2.57. The molecule has 5 nitrogen and oxygen atoms in total. The molecule has 0 atom stereocenters. The number of aromatic amines is 1. The van der Waals surface area contributed by atoms with Crippen LogP contribution in [0.2, 0.25) is 5.15 Å². The maximum atomic E-state index is 14.0. The van der Waals surface area contributed by atoms with Crippen LogP contribution in [0.15, 0.2) is 35.1 Å². The summed E-state index contributed by atoms with van der Waals surface area (Å²) >= 11 is 5.80. The van der Waals surface area contributed by atoms with E-state index in [1.807, 2.05) is 0 Å². The molecule has 2 N–H and O–H groups in total. The van der Waals surface area contributed by atoms with E-state index in [0.717, 1.165) is 11.6 Å². The minimum atomic E-state index is -1.28. The van der Waals surface area contributed by atoms with E-state index in [1.54, 1.807) is 19.1 Å². The van der Waals surface area contributed by atoms with E-state index in [2.05, 4.69) is 20.3 Å². The Morgan fingerprint density at radius 2 is 1.78 bits per heavy atom. The van der Waals surface area contributed by atoms with Gasteiger partial charge in [0.25, 0.3) is 0 Å². The molecule has 2 heterocycles. The normalized spacial score (nSPS) is 10.9. The van der Waals surface area contributed by atoms with Crippen LogP contribution in [0.1, 0.15) is 11.3 Å². The van der Waals surface area contributed by atoms with E-state index in [0.29, 0.717) is 30.5 Å². The predicted molar refractivity (Wildman–Crippen MR) is 96.3 cm³/mol. The molecule has 0 aliphatic heterocycles. The molecule has 3 aromatic rings. The largest absolute Gasteiger partial charge is 0.370 e. The van der Waals surface area contributed by atoms with Gasteiger partial charge in [0.15, 0.2) is 17.5 Å². The molecule has 0 radical (unpaired) electrons. The summed E-state index contributed by atoms with van der Waals surface area (Å²) in [6.07, 6.45) is 0.488. The number of H-pyrrole nitrogens is 1. The number of anilines is 1. The summed E-state index contributed by atoms with van der Waals surface area (Å²) in [6.45, 7) is 2.08. The Balaban J connectivity index is 1.79. The Kier molecular flexibility index (Phi) is 5.46. The number of nitrogens with zero attached hydrogens (tertiary/aromatic N) is 2. The predicted octanol–water partition coefficient (Wildman–Crippen LogP) is 3.87. The molecule has 0 bridgehead atoms. The quantitative estimate of drug-likeness (QED) is 0.509. The van der Waals surface area contributed by atoms with Gasteiger partial charge in [-0.05, 0) is 31.0 Å². The van der Waals surface area contributed by atoms with Crippen LogP contribution in [0, 0.1) is 24.4 Å². The van der Waals surface area contributed by atoms with E-state index in [-0.39, 0.29) is 22.1 Å². The minimum absolute atomic E-state index is 0.0619. The molecule has 3 rings (SSSR count). The lowest BCUT2D eigenvalue weighted by Crippen LogP contribution is -2.11. The number of aryl methyl sites for hydroxylation is 1. The maximum absolute atomic E-state index is 14.0. The van der Waals surface area contributed by atoms with Crippen molar-refractivity contribution in [3.63, 3.8) is 0 Å². The van der Waals surface area contributed by atoms with Gasteiger partial charge in [-0.1, -0.05) is 11.6 Å². The van der Waals surface area contributed by atoms with Crippen molar-refractivity contribution in [2.45, 2.75) is 13.3 Å². The highest BCUT2D eigenvalue weighted by Gasteiger charge is 2.15. The zero-order chi connectivity index (χ0) is 19.6. The molecule has 0 unspecified atom stereocenters. The van der Waals surface area contributed by atoms with Crippen LogP contribution < -0.4 is 10.9 Å². The van der Waals surface area contributed by atoms with Crippen LogP contribution in [0.4, 0.5) is 19.0 Å². The summed E-state index contributed by atoms with van der Waals surface area (Å²) < 4.78 is 40.5. The number of aromatic nitrogens is 3. The van der Waals surface area contributed by atoms with Gasteiger partial charge in [-0.15, -0.1) is 0 Å². The average molecular weight is 395 g/mol. The van der Waals surface area contributed by atoms with Crippen molar-refractivity contribution in [1.82, 2.24) is 15.0 Å². The van der Waals surface area contributed by atoms with Crippen LogP contribution in [-0.2, 0) is 6.42 Å². The number of nitrogens with one attached hydrogen (secondary N) is 2. The first-order chi connectivity index (χ1) is 12.8. The molecule has 2 aromatic heterocycles. The topological polar surface area (TPSA) is 70.7 Å². The number of hydrogen-bond donors (Lipinski definition) is 2. The summed E-state index contributed by atoms with van der Waals surface area (Å²) in [5, 5.41) is 3.27. The van der Waals surface area contributed by atoms with Gasteiger partial charge in [0.1, 0.15) is 16.8 Å². The third-order valence-electron chi connectivity index (χ3n) is 3.70. The van der Waals surface area contributed by atoms with Crippen molar-refractivity contribution in [3.05, 3.63) is 74.5 Å². The summed E-state index contributed by atoms with van der Waals surface area (Å²) in [4.78, 5) is 22.1. The number of benzene rings is 1. The van der Waals surface area contributed by atoms with Gasteiger partial charge in [-0.25, -0.2) is 23.1 Å². The second kappa shape index (κ2) is 7.79. The van der Waals surface area contributed by atoms with Crippen LogP contribution in [0.5, 0.6) is 0 Å². The van der Waals surface area contributed by atoms with Crippen LogP contribution in [0.3, 0.4) is 0 Å². The van der Waals surface area contributed by atoms with E-state index < -0.39 is 17.5 Å². The van der Waals surface area contributed by atoms with Gasteiger partial charge in [0.05, 0.1) is 5.56 Å². The van der Waals surface area contributed by atoms with E-state index in [1.165, 1.54) is 6.07 Å². The SMILES string of the molecule is Cc1cc(NCCc2cc(Cl)[nH]c(=O)c2)nc(-c2cc(F)c(F)cc2F)n1. The van der Waals surface area contributed by atoms with Crippen LogP contribution in [-0.4, -0.2) is 21.5 Å². The van der Waals surface area contributed by atoms with Gasteiger partial charge in [0, 0.05) is 30.4 Å². The fourth-order valence-electron chi connectivity index (χ4n) is 2.52. The zero-order valence-corrected chi connectivity index (χ0v) is 14.9. The highest BCUT2D eigenvalue weighted by atomic mass is 35.5. The second-order valence-corrected chi connectivity index (χ2v) is 6.25. The zero-order valence-electron chi connectivity index (χ0n) is 14.1. The second-order valence-electron chi connectivity index (χ2n) is 5.84. The molecule has 0 saturated carbocycles. The fourth-order valence-corrected chi connectivity index (χ4v) is 2.75. The Labute approximate surface area is 157 Å². The van der Waals surface area contributed by atoms with Crippen molar-refractivity contribution >= 4 is 17.4 Å². The third kappa shape index (κ3) is 4.65. The molecule has 0 amide bonds. The fraction of sp³-hybridized carbons (Fsp3) is 0.167. The van der Waals surface area contributed by atoms with Gasteiger partial charge >= 0.3 is 0 Å². The monoisotopic (exact) mass is 394 g/mol. The van der Waals surface area contributed by atoms with Crippen molar-refractivity contribution in [3.8, 4) is 11.4 Å². The number of pyridine rings is 1. The Hall–Kier alpha value is -2.87. The first-order valence-corrected chi connectivity index (χ1v) is 8.33. The molecule has 27 heavy (non-hydrogen) atoms. The number of halogens is 4. The van der Waals surface area contributed by atoms with E-state index in [9.17, 15) is 18.0 Å². The highest BCUT2D eigenvalue weighted by Crippen LogP contribution is 2.24. The summed E-state index contributed by atoms with van der Waals surface area (Å²) in [5.41, 5.74) is 0.716. The van der Waals surface area contributed by atoms with E-state index >= 15 is 0 Å². The Morgan fingerprint density at radius 1 is 1.04 bits per heavy atom. The molecule has 0 aliphatic carbocycles. The van der Waals surface area contributed by atoms with Crippen molar-refractivity contribution in [1.29, 1.82) is 0 Å². The molecule has 0 saturated heterocycles. The summed E-state index contributed by atoms with van der Waals surface area (Å²) in [5.74, 6) is -3.09. The molecule has 0 spiro atoms. The van der Waals surface area contributed by atoms with Gasteiger partial charge in [-0.3, -0.25) is 4.79 Å². The van der Waals surface area contributed by atoms with Crippen LogP contribution >= 0.6 is 11.6 Å². The van der Waals surface area contributed by atoms with Crippen LogP contribution in [0.25, 0.3) is 11.4 Å². The molecular weight excluding hydrogens is 381 g/mol. The number of hydrogen-bond acceptors (Lipinski definition) is 4. The van der Waals surface area contributed by atoms with E-state index in [4.69, 9.17) is 11.6 Å². The van der Waals surface area contributed by atoms with Crippen molar-refractivity contribution in [2.24, 2.45) is 0 Å². The lowest BCUT2D eigenvalue weighted by molar-refractivity contribution is 0.496. The van der Waals surface area contributed by atoms with Gasteiger partial charge in [-0.2, -0.15) is 0 Å². The minimum Gasteiger partial charge on any atom is -0.370 e. The Bertz CT molecular complexity index is 1060. The molecule has 9 heteroatoms. The highest BCUT2D eigenvalue weighted by molar-refractivity contribution is 6.29. The molecule has 0 fully saturated rings. The molecule has 0 aliphatic rings. The summed E-state index contributed by atoms with van der Waals surface area (Å²) in [6, 6.07) is 5.88. The molecule has 140 valence electrons. The van der Waals surface area contributed by atoms with Crippen molar-refractivity contribution < 1.29 is 13.2 Å². The lowest BCUT2D eigenvalue weighted by Gasteiger charge is -2.10. The standard InChI is InChI=1S/C18H14ClF3N4O/c1-9-4-16(23-3-2-10-5-15(19)25-17(27)6-10)26-18(24-9)11-7-13(21)14(22)8-12(11)20/h4-8H,2-3H2,1H3,(H,25,27)(H,23,24,26).